The van der Waals surface area contributed by atoms with Crippen LogP contribution in [0.2, 0.25) is 0 Å². The first-order chi connectivity index (χ1) is 9.98. The van der Waals surface area contributed by atoms with E-state index in [4.69, 9.17) is 15.4 Å². The number of nitriles is 1. The van der Waals surface area contributed by atoms with E-state index in [9.17, 15) is 8.42 Å². The van der Waals surface area contributed by atoms with Gasteiger partial charge in [-0.3, -0.25) is 0 Å². The summed E-state index contributed by atoms with van der Waals surface area (Å²) in [5, 5.41) is 8.80. The molecule has 0 aliphatic rings. The van der Waals surface area contributed by atoms with Crippen molar-refractivity contribution in [2.45, 2.75) is 18.4 Å². The number of anilines is 1. The van der Waals surface area contributed by atoms with Crippen molar-refractivity contribution >= 4 is 15.7 Å². The van der Waals surface area contributed by atoms with Gasteiger partial charge in [-0.1, -0.05) is 6.92 Å². The fourth-order valence-electron chi connectivity index (χ4n) is 1.94. The Bertz CT molecular complexity index is 761. The van der Waals surface area contributed by atoms with Gasteiger partial charge < -0.3 is 10.2 Å². The number of nitrogens with zero attached hydrogens (tertiary/aromatic N) is 2. The first-order valence-electron chi connectivity index (χ1n) is 6.31. The second-order valence-corrected chi connectivity index (χ2v) is 6.28. The van der Waals surface area contributed by atoms with Crippen LogP contribution in [0.4, 0.5) is 5.69 Å². The van der Waals surface area contributed by atoms with E-state index in [-0.39, 0.29) is 23.7 Å². The van der Waals surface area contributed by atoms with Gasteiger partial charge in [-0.05, 0) is 30.3 Å². The van der Waals surface area contributed by atoms with E-state index in [0.717, 1.165) is 0 Å². The summed E-state index contributed by atoms with van der Waals surface area (Å²) < 4.78 is 31.7. The minimum atomic E-state index is -3.74. The smallest absolute Gasteiger partial charge is 0.245 e. The molecule has 0 unspecified atom stereocenters. The summed E-state index contributed by atoms with van der Waals surface area (Å²) in [4.78, 5) is -0.00472. The second-order valence-electron chi connectivity index (χ2n) is 4.37. The lowest BCUT2D eigenvalue weighted by Gasteiger charge is -2.20. The molecule has 0 spiro atoms. The molecule has 2 N–H and O–H groups in total. The van der Waals surface area contributed by atoms with Crippen molar-refractivity contribution in [3.63, 3.8) is 0 Å². The molecule has 21 heavy (non-hydrogen) atoms. The van der Waals surface area contributed by atoms with Crippen LogP contribution < -0.4 is 5.73 Å². The average molecular weight is 305 g/mol. The molecular formula is C14H15N3O3S. The largest absolute Gasteiger partial charge is 0.468 e. The minimum absolute atomic E-state index is 0.00472. The maximum atomic E-state index is 12.6. The van der Waals surface area contributed by atoms with Gasteiger partial charge in [0.25, 0.3) is 0 Å². The van der Waals surface area contributed by atoms with Crippen LogP contribution in [0.1, 0.15) is 18.2 Å². The SMILES string of the molecule is CCN(Cc1ccco1)S(=O)(=O)c1ccc(C#N)cc1N. The Hall–Kier alpha value is -2.30. The van der Waals surface area contributed by atoms with Gasteiger partial charge in [0.05, 0.1) is 30.1 Å². The predicted molar refractivity (Wildman–Crippen MR) is 77.5 cm³/mol. The van der Waals surface area contributed by atoms with Gasteiger partial charge in [0.2, 0.25) is 10.0 Å². The zero-order chi connectivity index (χ0) is 15.5. The van der Waals surface area contributed by atoms with Crippen LogP contribution in [-0.2, 0) is 16.6 Å². The topological polar surface area (TPSA) is 100 Å². The first-order valence-corrected chi connectivity index (χ1v) is 7.75. The minimum Gasteiger partial charge on any atom is -0.468 e. The highest BCUT2D eigenvalue weighted by Crippen LogP contribution is 2.24. The molecule has 1 aromatic heterocycles. The van der Waals surface area contributed by atoms with Crippen LogP contribution in [0.3, 0.4) is 0 Å². The molecule has 2 aromatic rings. The van der Waals surface area contributed by atoms with Crippen molar-refractivity contribution < 1.29 is 12.8 Å². The van der Waals surface area contributed by atoms with Crippen LogP contribution >= 0.6 is 0 Å². The van der Waals surface area contributed by atoms with Gasteiger partial charge in [0.1, 0.15) is 10.7 Å². The molecule has 7 heteroatoms. The summed E-state index contributed by atoms with van der Waals surface area (Å²) in [5.74, 6) is 0.549. The zero-order valence-corrected chi connectivity index (χ0v) is 12.3. The number of nitrogens with two attached hydrogens (primary N) is 1. The van der Waals surface area contributed by atoms with Crippen molar-refractivity contribution in [2.24, 2.45) is 0 Å². The monoisotopic (exact) mass is 305 g/mol. The standard InChI is InChI=1S/C14H15N3O3S/c1-2-17(10-12-4-3-7-20-12)21(18,19)14-6-5-11(9-15)8-13(14)16/h3-8H,2,10,16H2,1H3. The Morgan fingerprint density at radius 2 is 2.14 bits per heavy atom. The molecule has 110 valence electrons. The van der Waals surface area contributed by atoms with E-state index in [1.165, 1.54) is 28.8 Å². The molecule has 0 aliphatic carbocycles. The number of rotatable bonds is 5. The van der Waals surface area contributed by atoms with Crippen LogP contribution in [0.25, 0.3) is 0 Å². The quantitative estimate of drug-likeness (QED) is 0.851. The van der Waals surface area contributed by atoms with E-state index in [2.05, 4.69) is 0 Å². The zero-order valence-electron chi connectivity index (χ0n) is 11.5. The summed E-state index contributed by atoms with van der Waals surface area (Å²) in [7, 11) is -3.74. The molecule has 6 nitrogen and oxygen atoms in total. The van der Waals surface area contributed by atoms with Crippen molar-refractivity contribution in [3.05, 3.63) is 47.9 Å². The highest BCUT2D eigenvalue weighted by Gasteiger charge is 2.26. The van der Waals surface area contributed by atoms with Gasteiger partial charge in [-0.15, -0.1) is 0 Å². The Balaban J connectivity index is 2.38. The van der Waals surface area contributed by atoms with E-state index < -0.39 is 10.0 Å². The van der Waals surface area contributed by atoms with Gasteiger partial charge in [-0.2, -0.15) is 9.57 Å². The molecule has 0 bridgehead atoms. The Morgan fingerprint density at radius 3 is 2.67 bits per heavy atom. The lowest BCUT2D eigenvalue weighted by atomic mass is 10.2. The number of nitrogen functional groups attached to an aromatic ring is 1. The van der Waals surface area contributed by atoms with Crippen molar-refractivity contribution in [3.8, 4) is 6.07 Å². The van der Waals surface area contributed by atoms with E-state index in [0.29, 0.717) is 11.3 Å². The Morgan fingerprint density at radius 1 is 1.38 bits per heavy atom. The Kier molecular flexibility index (Phi) is 4.31. The third kappa shape index (κ3) is 3.07. The summed E-state index contributed by atoms with van der Waals surface area (Å²) in [6, 6.07) is 9.48. The lowest BCUT2D eigenvalue weighted by molar-refractivity contribution is 0.375. The molecule has 0 radical (unpaired) electrons. The van der Waals surface area contributed by atoms with Crippen LogP contribution in [0.15, 0.2) is 45.9 Å². The number of benzene rings is 1. The third-order valence-corrected chi connectivity index (χ3v) is 5.02. The normalized spacial score (nSPS) is 11.5. The molecule has 0 amide bonds. The van der Waals surface area contributed by atoms with Crippen LogP contribution in [-0.4, -0.2) is 19.3 Å². The van der Waals surface area contributed by atoms with Gasteiger partial charge >= 0.3 is 0 Å². The van der Waals surface area contributed by atoms with E-state index in [1.54, 1.807) is 19.1 Å². The second kappa shape index (κ2) is 5.99. The molecule has 0 aliphatic heterocycles. The molecule has 0 atom stereocenters. The lowest BCUT2D eigenvalue weighted by Crippen LogP contribution is -2.30. The van der Waals surface area contributed by atoms with Gasteiger partial charge in [-0.25, -0.2) is 8.42 Å². The van der Waals surface area contributed by atoms with Gasteiger partial charge in [0, 0.05) is 6.54 Å². The highest BCUT2D eigenvalue weighted by molar-refractivity contribution is 7.89. The van der Waals surface area contributed by atoms with Crippen LogP contribution in [0, 0.1) is 11.3 Å². The molecular weight excluding hydrogens is 290 g/mol. The van der Waals surface area contributed by atoms with Crippen molar-refractivity contribution in [1.82, 2.24) is 4.31 Å². The first kappa shape index (κ1) is 15.1. The third-order valence-electron chi connectivity index (χ3n) is 3.02. The van der Waals surface area contributed by atoms with E-state index >= 15 is 0 Å². The molecule has 0 fully saturated rings. The predicted octanol–water partition coefficient (Wildman–Crippen LogP) is 1.94. The molecule has 1 aromatic carbocycles. The summed E-state index contributed by atoms with van der Waals surface area (Å²) in [5.41, 5.74) is 6.15. The van der Waals surface area contributed by atoms with Crippen molar-refractivity contribution in [2.75, 3.05) is 12.3 Å². The number of hydrogen-bond donors (Lipinski definition) is 1. The maximum absolute atomic E-state index is 12.6. The average Bonchev–Trinajstić information content (AvgIpc) is 2.97. The fourth-order valence-corrected chi connectivity index (χ4v) is 3.45. The molecule has 1 heterocycles. The summed E-state index contributed by atoms with van der Waals surface area (Å²) in [6.07, 6.45) is 1.49. The van der Waals surface area contributed by atoms with E-state index in [1.807, 2.05) is 6.07 Å². The van der Waals surface area contributed by atoms with Crippen LogP contribution in [0.5, 0.6) is 0 Å². The number of sulfonamides is 1. The number of furan rings is 1. The Labute approximate surface area is 123 Å². The number of hydrogen-bond acceptors (Lipinski definition) is 5. The summed E-state index contributed by atoms with van der Waals surface area (Å²) in [6.45, 7) is 2.15. The maximum Gasteiger partial charge on any atom is 0.245 e. The highest BCUT2D eigenvalue weighted by atomic mass is 32.2. The van der Waals surface area contributed by atoms with Crippen molar-refractivity contribution in [1.29, 1.82) is 5.26 Å². The fraction of sp³-hybridized carbons (Fsp3) is 0.214. The molecule has 0 saturated carbocycles. The summed E-state index contributed by atoms with van der Waals surface area (Å²) >= 11 is 0. The van der Waals surface area contributed by atoms with Gasteiger partial charge in [0.15, 0.2) is 0 Å². The molecule has 0 saturated heterocycles. The molecule has 2 rings (SSSR count).